The van der Waals surface area contributed by atoms with Crippen molar-refractivity contribution in [2.75, 3.05) is 6.54 Å². The average Bonchev–Trinajstić information content (AvgIpc) is 2.93. The minimum absolute atomic E-state index is 0.243. The second kappa shape index (κ2) is 6.94. The van der Waals surface area contributed by atoms with E-state index in [1.807, 2.05) is 13.0 Å². The van der Waals surface area contributed by atoms with E-state index in [-0.39, 0.29) is 6.54 Å². The molecule has 0 amide bonds. The Balaban J connectivity index is 2.08. The van der Waals surface area contributed by atoms with Gasteiger partial charge in [-0.25, -0.2) is 13.1 Å². The number of hydrogen-bond acceptors (Lipinski definition) is 5. The largest absolute Gasteiger partial charge is 0.312 e. The van der Waals surface area contributed by atoms with Crippen LogP contribution in [0.3, 0.4) is 0 Å². The van der Waals surface area contributed by atoms with Crippen LogP contribution in [0.1, 0.15) is 17.4 Å². The van der Waals surface area contributed by atoms with Crippen molar-refractivity contribution in [3.63, 3.8) is 0 Å². The molecule has 7 heteroatoms. The van der Waals surface area contributed by atoms with E-state index in [1.165, 1.54) is 11.3 Å². The van der Waals surface area contributed by atoms with Crippen molar-refractivity contribution in [2.24, 2.45) is 0 Å². The molecule has 0 aromatic carbocycles. The summed E-state index contributed by atoms with van der Waals surface area (Å²) in [6, 6.07) is 5.26. The van der Waals surface area contributed by atoms with E-state index in [0.29, 0.717) is 11.4 Å². The minimum atomic E-state index is -3.48. The van der Waals surface area contributed by atoms with E-state index in [0.717, 1.165) is 17.0 Å². The number of sulfonamides is 1. The number of pyridine rings is 1. The molecule has 5 nitrogen and oxygen atoms in total. The summed E-state index contributed by atoms with van der Waals surface area (Å²) in [7, 11) is -3.48. The van der Waals surface area contributed by atoms with Crippen LogP contribution in [0.25, 0.3) is 0 Å². The van der Waals surface area contributed by atoms with Crippen LogP contribution in [0.2, 0.25) is 0 Å². The molecular formula is C13H17N3O2S2. The van der Waals surface area contributed by atoms with Crippen LogP contribution in [0.5, 0.6) is 0 Å². The van der Waals surface area contributed by atoms with Crippen LogP contribution >= 0.6 is 11.3 Å². The molecule has 0 aliphatic heterocycles. The summed E-state index contributed by atoms with van der Waals surface area (Å²) in [5.74, 6) is 0. The van der Waals surface area contributed by atoms with Crippen molar-refractivity contribution in [1.82, 2.24) is 15.0 Å². The van der Waals surface area contributed by atoms with Gasteiger partial charge in [-0.3, -0.25) is 4.98 Å². The van der Waals surface area contributed by atoms with E-state index in [4.69, 9.17) is 0 Å². The van der Waals surface area contributed by atoms with Crippen molar-refractivity contribution in [3.8, 4) is 0 Å². The molecule has 0 spiro atoms. The highest BCUT2D eigenvalue weighted by Crippen LogP contribution is 2.21. The Morgan fingerprint density at radius 1 is 1.30 bits per heavy atom. The molecule has 0 unspecified atom stereocenters. The lowest BCUT2D eigenvalue weighted by Gasteiger charge is -2.08. The van der Waals surface area contributed by atoms with Crippen LogP contribution < -0.4 is 10.0 Å². The maximum atomic E-state index is 12.3. The Hall–Kier alpha value is -1.28. The molecule has 108 valence electrons. The van der Waals surface area contributed by atoms with Gasteiger partial charge in [0.25, 0.3) is 0 Å². The summed E-state index contributed by atoms with van der Waals surface area (Å²) in [6.45, 7) is 3.60. The fourth-order valence-electron chi connectivity index (χ4n) is 1.69. The predicted octanol–water partition coefficient (Wildman–Crippen LogP) is 1.73. The summed E-state index contributed by atoms with van der Waals surface area (Å²) < 4.78 is 27.2. The molecule has 0 radical (unpaired) electrons. The molecule has 2 aromatic rings. The van der Waals surface area contributed by atoms with Crippen molar-refractivity contribution in [3.05, 3.63) is 46.4 Å². The zero-order valence-corrected chi connectivity index (χ0v) is 12.8. The zero-order chi connectivity index (χ0) is 14.4. The topological polar surface area (TPSA) is 71.1 Å². The molecule has 2 N–H and O–H groups in total. The van der Waals surface area contributed by atoms with Crippen molar-refractivity contribution < 1.29 is 8.42 Å². The summed E-state index contributed by atoms with van der Waals surface area (Å²) in [5, 5.41) is 4.94. The van der Waals surface area contributed by atoms with Crippen LogP contribution in [0.15, 0.2) is 40.9 Å². The standard InChI is InChI=1S/C13H17N3O2S2/c1-2-14-10-12-13(5-7-19-12)20(17,18)16-9-11-4-3-6-15-8-11/h3-8,14,16H,2,9-10H2,1H3. The highest BCUT2D eigenvalue weighted by atomic mass is 32.2. The first kappa shape index (κ1) is 15.1. The fraction of sp³-hybridized carbons (Fsp3) is 0.308. The summed E-state index contributed by atoms with van der Waals surface area (Å²) in [4.78, 5) is 5.14. The smallest absolute Gasteiger partial charge is 0.242 e. The Labute approximate surface area is 123 Å². The molecule has 0 aliphatic carbocycles. The van der Waals surface area contributed by atoms with E-state index in [9.17, 15) is 8.42 Å². The number of nitrogens with zero attached hydrogens (tertiary/aromatic N) is 1. The Morgan fingerprint density at radius 3 is 2.85 bits per heavy atom. The molecule has 20 heavy (non-hydrogen) atoms. The van der Waals surface area contributed by atoms with Gasteiger partial charge >= 0.3 is 0 Å². The maximum absolute atomic E-state index is 12.3. The fourth-order valence-corrected chi connectivity index (χ4v) is 4.12. The number of hydrogen-bond donors (Lipinski definition) is 2. The average molecular weight is 311 g/mol. The molecule has 2 heterocycles. The SMILES string of the molecule is CCNCc1sccc1S(=O)(=O)NCc1cccnc1. The monoisotopic (exact) mass is 311 g/mol. The van der Waals surface area contributed by atoms with Gasteiger partial charge in [0.05, 0.1) is 4.90 Å². The summed E-state index contributed by atoms with van der Waals surface area (Å²) in [6.07, 6.45) is 3.31. The molecule has 0 saturated carbocycles. The third-order valence-corrected chi connectivity index (χ3v) is 5.25. The maximum Gasteiger partial charge on any atom is 0.242 e. The third kappa shape index (κ3) is 3.86. The molecule has 0 atom stereocenters. The molecule has 0 fully saturated rings. The lowest BCUT2D eigenvalue weighted by Crippen LogP contribution is -2.24. The van der Waals surface area contributed by atoms with E-state index >= 15 is 0 Å². The molecule has 0 saturated heterocycles. The Bertz CT molecular complexity index is 639. The second-order valence-corrected chi connectivity index (χ2v) is 6.91. The van der Waals surface area contributed by atoms with Gasteiger partial charge in [0, 0.05) is 30.4 Å². The first-order chi connectivity index (χ1) is 9.63. The van der Waals surface area contributed by atoms with Gasteiger partial charge in [-0.2, -0.15) is 0 Å². The third-order valence-electron chi connectivity index (χ3n) is 2.72. The van der Waals surface area contributed by atoms with Crippen molar-refractivity contribution in [1.29, 1.82) is 0 Å². The summed E-state index contributed by atoms with van der Waals surface area (Å²) in [5.41, 5.74) is 0.833. The van der Waals surface area contributed by atoms with E-state index < -0.39 is 10.0 Å². The lowest BCUT2D eigenvalue weighted by atomic mass is 10.3. The van der Waals surface area contributed by atoms with Gasteiger partial charge in [-0.1, -0.05) is 13.0 Å². The summed E-state index contributed by atoms with van der Waals surface area (Å²) >= 11 is 1.44. The molecular weight excluding hydrogens is 294 g/mol. The normalized spacial score (nSPS) is 11.7. The van der Waals surface area contributed by atoms with E-state index in [1.54, 1.807) is 29.9 Å². The zero-order valence-electron chi connectivity index (χ0n) is 11.2. The molecule has 0 aliphatic rings. The second-order valence-electron chi connectivity index (χ2n) is 4.17. The van der Waals surface area contributed by atoms with E-state index in [2.05, 4.69) is 15.0 Å². The lowest BCUT2D eigenvalue weighted by molar-refractivity contribution is 0.579. The Morgan fingerprint density at radius 2 is 2.15 bits per heavy atom. The predicted molar refractivity (Wildman–Crippen MR) is 80.0 cm³/mol. The van der Waals surface area contributed by atoms with Crippen molar-refractivity contribution in [2.45, 2.75) is 24.9 Å². The molecule has 0 bridgehead atoms. The van der Waals surface area contributed by atoms with Crippen LogP contribution in [-0.4, -0.2) is 19.9 Å². The Kier molecular flexibility index (Phi) is 5.24. The van der Waals surface area contributed by atoms with Gasteiger partial charge < -0.3 is 5.32 Å². The van der Waals surface area contributed by atoms with Gasteiger partial charge in [-0.05, 0) is 29.6 Å². The minimum Gasteiger partial charge on any atom is -0.312 e. The van der Waals surface area contributed by atoms with Gasteiger partial charge in [0.15, 0.2) is 0 Å². The van der Waals surface area contributed by atoms with Crippen LogP contribution in [0.4, 0.5) is 0 Å². The first-order valence-corrected chi connectivity index (χ1v) is 8.65. The van der Waals surface area contributed by atoms with Crippen LogP contribution in [-0.2, 0) is 23.1 Å². The number of rotatable bonds is 7. The number of nitrogens with one attached hydrogen (secondary N) is 2. The van der Waals surface area contributed by atoms with Gasteiger partial charge in [0.1, 0.15) is 0 Å². The van der Waals surface area contributed by atoms with Gasteiger partial charge in [0.2, 0.25) is 10.0 Å². The van der Waals surface area contributed by atoms with Crippen LogP contribution in [0, 0.1) is 0 Å². The quantitative estimate of drug-likeness (QED) is 0.817. The number of aromatic nitrogens is 1. The van der Waals surface area contributed by atoms with Gasteiger partial charge in [-0.15, -0.1) is 11.3 Å². The number of thiophene rings is 1. The van der Waals surface area contributed by atoms with Crippen molar-refractivity contribution >= 4 is 21.4 Å². The molecule has 2 rings (SSSR count). The molecule has 2 aromatic heterocycles. The first-order valence-electron chi connectivity index (χ1n) is 6.29. The highest BCUT2D eigenvalue weighted by Gasteiger charge is 2.19. The highest BCUT2D eigenvalue weighted by molar-refractivity contribution is 7.89.